The Balaban J connectivity index is 3.09. The Morgan fingerprint density at radius 1 is 1.09 bits per heavy atom. The van der Waals surface area contributed by atoms with E-state index in [0.717, 1.165) is 6.08 Å². The first-order valence-electron chi connectivity index (χ1n) is 5.95. The van der Waals surface area contributed by atoms with Crippen molar-refractivity contribution in [2.75, 3.05) is 26.6 Å². The Morgan fingerprint density at radius 3 is 2.27 bits per heavy atom. The average Bonchev–Trinajstić information content (AvgIpc) is 2.53. The zero-order chi connectivity index (χ0) is 16.7. The van der Waals surface area contributed by atoms with E-state index in [4.69, 9.17) is 0 Å². The summed E-state index contributed by atoms with van der Waals surface area (Å²) in [6.07, 6.45) is 0.982. The van der Waals surface area contributed by atoms with Crippen molar-refractivity contribution in [2.24, 2.45) is 0 Å². The molecule has 1 aromatic carbocycles. The third kappa shape index (κ3) is 4.72. The van der Waals surface area contributed by atoms with E-state index >= 15 is 0 Å². The van der Waals surface area contributed by atoms with Gasteiger partial charge in [-0.05, 0) is 40.8 Å². The number of nitrogens with one attached hydrogen (secondary N) is 1. The molecule has 0 unspecified atom stereocenters. The normalized spacial score (nSPS) is 10.6. The van der Waals surface area contributed by atoms with E-state index in [9.17, 15) is 14.4 Å². The zero-order valence-corrected chi connectivity index (χ0v) is 14.3. The van der Waals surface area contributed by atoms with Gasteiger partial charge in [0.05, 0.1) is 38.7 Å². The van der Waals surface area contributed by atoms with Crippen LogP contribution in [0.3, 0.4) is 0 Å². The molecule has 118 valence electrons. The highest BCUT2D eigenvalue weighted by Crippen LogP contribution is 2.22. The Bertz CT molecular complexity index is 626. The molecule has 0 aromatic heterocycles. The first-order valence-corrected chi connectivity index (χ1v) is 7.03. The van der Waals surface area contributed by atoms with E-state index in [1.807, 2.05) is 22.6 Å². The molecule has 0 radical (unpaired) electrons. The number of ether oxygens (including phenoxy) is 3. The number of rotatable bonds is 5. The minimum atomic E-state index is -0.724. The lowest BCUT2D eigenvalue weighted by Gasteiger charge is -2.11. The summed E-state index contributed by atoms with van der Waals surface area (Å²) in [5, 5.41) is 2.77. The lowest BCUT2D eigenvalue weighted by Crippen LogP contribution is -2.16. The van der Waals surface area contributed by atoms with Gasteiger partial charge in [0.1, 0.15) is 5.70 Å². The van der Waals surface area contributed by atoms with Gasteiger partial charge >= 0.3 is 17.9 Å². The topological polar surface area (TPSA) is 90.9 Å². The molecule has 0 aliphatic carbocycles. The van der Waals surface area contributed by atoms with Gasteiger partial charge in [-0.25, -0.2) is 14.4 Å². The van der Waals surface area contributed by atoms with E-state index in [0.29, 0.717) is 14.8 Å². The molecule has 1 aromatic rings. The van der Waals surface area contributed by atoms with E-state index in [2.05, 4.69) is 19.5 Å². The van der Waals surface area contributed by atoms with Crippen LogP contribution in [-0.2, 0) is 23.8 Å². The molecule has 0 aliphatic heterocycles. The molecular weight excluding hydrogens is 405 g/mol. The molecule has 1 rings (SSSR count). The number of carbonyl (C=O) groups excluding carboxylic acids is 3. The predicted octanol–water partition coefficient (Wildman–Crippen LogP) is 1.72. The van der Waals surface area contributed by atoms with Crippen LogP contribution in [0, 0.1) is 3.57 Å². The largest absolute Gasteiger partial charge is 0.466 e. The molecule has 0 aliphatic rings. The molecule has 0 fully saturated rings. The van der Waals surface area contributed by atoms with Gasteiger partial charge in [0.25, 0.3) is 0 Å². The first-order chi connectivity index (χ1) is 10.4. The molecule has 0 atom stereocenters. The Hall–Kier alpha value is -2.10. The van der Waals surface area contributed by atoms with Gasteiger partial charge in [0.15, 0.2) is 0 Å². The van der Waals surface area contributed by atoms with Crippen molar-refractivity contribution < 1.29 is 28.6 Å². The molecule has 7 nitrogen and oxygen atoms in total. The SMILES string of the molecule is COC(=O)/C=C(/Nc1ccc(C(=O)OC)cc1I)C(=O)OC. The Labute approximate surface area is 140 Å². The van der Waals surface area contributed by atoms with Gasteiger partial charge in [-0.2, -0.15) is 0 Å². The summed E-state index contributed by atoms with van der Waals surface area (Å²) in [7, 11) is 3.68. The molecule has 0 amide bonds. The number of hydrogen-bond donors (Lipinski definition) is 1. The van der Waals surface area contributed by atoms with Gasteiger partial charge < -0.3 is 19.5 Å². The molecule has 0 heterocycles. The summed E-state index contributed by atoms with van der Waals surface area (Å²) in [6.45, 7) is 0. The smallest absolute Gasteiger partial charge is 0.354 e. The van der Waals surface area contributed by atoms with E-state index < -0.39 is 17.9 Å². The molecule has 1 N–H and O–H groups in total. The van der Waals surface area contributed by atoms with Crippen LogP contribution in [0.5, 0.6) is 0 Å². The summed E-state index contributed by atoms with van der Waals surface area (Å²) < 4.78 is 14.4. The van der Waals surface area contributed by atoms with E-state index in [-0.39, 0.29) is 5.70 Å². The maximum Gasteiger partial charge on any atom is 0.354 e. The van der Waals surface area contributed by atoms with Crippen LogP contribution >= 0.6 is 22.6 Å². The van der Waals surface area contributed by atoms with Crippen LogP contribution < -0.4 is 5.32 Å². The Morgan fingerprint density at radius 2 is 1.77 bits per heavy atom. The second kappa shape index (κ2) is 8.37. The molecule has 0 saturated carbocycles. The molecular formula is C14H14INO6. The summed E-state index contributed by atoms with van der Waals surface area (Å²) in [4.78, 5) is 34.4. The monoisotopic (exact) mass is 419 g/mol. The summed E-state index contributed by atoms with van der Waals surface area (Å²) in [6, 6.07) is 4.70. The highest BCUT2D eigenvalue weighted by molar-refractivity contribution is 14.1. The summed E-state index contributed by atoms with van der Waals surface area (Å²) >= 11 is 1.98. The van der Waals surface area contributed by atoms with E-state index in [1.54, 1.807) is 12.1 Å². The lowest BCUT2D eigenvalue weighted by molar-refractivity contribution is -0.138. The van der Waals surface area contributed by atoms with Crippen LogP contribution in [-0.4, -0.2) is 39.2 Å². The fourth-order valence-electron chi connectivity index (χ4n) is 1.44. The van der Waals surface area contributed by atoms with Crippen LogP contribution in [0.15, 0.2) is 30.0 Å². The number of methoxy groups -OCH3 is 3. The van der Waals surface area contributed by atoms with Crippen molar-refractivity contribution in [1.29, 1.82) is 0 Å². The predicted molar refractivity (Wildman–Crippen MR) is 86.2 cm³/mol. The highest BCUT2D eigenvalue weighted by atomic mass is 127. The van der Waals surface area contributed by atoms with E-state index in [1.165, 1.54) is 27.4 Å². The summed E-state index contributed by atoms with van der Waals surface area (Å²) in [5.41, 5.74) is 0.806. The second-order valence-corrected chi connectivity index (χ2v) is 5.05. The third-order valence-corrected chi connectivity index (χ3v) is 3.42. The summed E-state index contributed by atoms with van der Waals surface area (Å²) in [5.74, 6) is -1.89. The number of anilines is 1. The first kappa shape index (κ1) is 18.0. The molecule has 8 heteroatoms. The van der Waals surface area contributed by atoms with Crippen molar-refractivity contribution in [3.8, 4) is 0 Å². The van der Waals surface area contributed by atoms with Crippen LogP contribution in [0.25, 0.3) is 0 Å². The van der Waals surface area contributed by atoms with Crippen molar-refractivity contribution in [1.82, 2.24) is 0 Å². The average molecular weight is 419 g/mol. The van der Waals surface area contributed by atoms with Gasteiger partial charge in [-0.3, -0.25) is 0 Å². The van der Waals surface area contributed by atoms with Gasteiger partial charge in [-0.1, -0.05) is 0 Å². The number of hydrogen-bond acceptors (Lipinski definition) is 7. The highest BCUT2D eigenvalue weighted by Gasteiger charge is 2.15. The van der Waals surface area contributed by atoms with Crippen LogP contribution in [0.1, 0.15) is 10.4 Å². The Kier molecular flexibility index (Phi) is 6.83. The van der Waals surface area contributed by atoms with Crippen molar-refractivity contribution in [2.45, 2.75) is 0 Å². The number of carbonyl (C=O) groups is 3. The zero-order valence-electron chi connectivity index (χ0n) is 12.1. The van der Waals surface area contributed by atoms with Gasteiger partial charge in [0.2, 0.25) is 0 Å². The number of benzene rings is 1. The second-order valence-electron chi connectivity index (χ2n) is 3.88. The van der Waals surface area contributed by atoms with Crippen molar-refractivity contribution in [3.63, 3.8) is 0 Å². The lowest BCUT2D eigenvalue weighted by atomic mass is 10.2. The van der Waals surface area contributed by atoms with Gasteiger partial charge in [0, 0.05) is 3.57 Å². The molecule has 0 saturated heterocycles. The molecule has 22 heavy (non-hydrogen) atoms. The molecule has 0 bridgehead atoms. The fourth-order valence-corrected chi connectivity index (χ4v) is 2.09. The molecule has 0 spiro atoms. The number of esters is 3. The van der Waals surface area contributed by atoms with Crippen LogP contribution in [0.2, 0.25) is 0 Å². The fraction of sp³-hybridized carbons (Fsp3) is 0.214. The maximum absolute atomic E-state index is 11.7. The number of halogens is 1. The standard InChI is InChI=1S/C14H14INO6/c1-20-12(17)7-11(14(19)22-3)16-10-5-4-8(6-9(10)15)13(18)21-2/h4-7,16H,1-3H3/b11-7+. The van der Waals surface area contributed by atoms with Gasteiger partial charge in [-0.15, -0.1) is 0 Å². The van der Waals surface area contributed by atoms with Crippen molar-refractivity contribution >= 4 is 46.2 Å². The maximum atomic E-state index is 11.7. The minimum Gasteiger partial charge on any atom is -0.466 e. The quantitative estimate of drug-likeness (QED) is 0.337. The van der Waals surface area contributed by atoms with Crippen LogP contribution in [0.4, 0.5) is 5.69 Å². The minimum absolute atomic E-state index is 0.0851. The third-order valence-electron chi connectivity index (χ3n) is 2.53. The van der Waals surface area contributed by atoms with Crippen molar-refractivity contribution in [3.05, 3.63) is 39.1 Å².